The summed E-state index contributed by atoms with van der Waals surface area (Å²) in [7, 11) is 0. The zero-order valence-electron chi connectivity index (χ0n) is 15.0. The van der Waals surface area contributed by atoms with E-state index in [9.17, 15) is 4.79 Å². The van der Waals surface area contributed by atoms with Gasteiger partial charge in [0.15, 0.2) is 0 Å². The van der Waals surface area contributed by atoms with E-state index in [1.165, 1.54) is 0 Å². The second-order valence-corrected chi connectivity index (χ2v) is 8.64. The molecule has 0 aliphatic heterocycles. The smallest absolute Gasteiger partial charge is 0.273 e. The van der Waals surface area contributed by atoms with Crippen molar-refractivity contribution in [2.24, 2.45) is 5.10 Å². The van der Waals surface area contributed by atoms with Crippen LogP contribution in [0.5, 0.6) is 5.75 Å². The predicted molar refractivity (Wildman–Crippen MR) is 126 cm³/mol. The van der Waals surface area contributed by atoms with Crippen molar-refractivity contribution in [3.8, 4) is 5.75 Å². The number of ether oxygens (including phenoxy) is 1. The molecule has 3 rings (SSSR count). The third-order valence-corrected chi connectivity index (χ3v) is 5.61. The molecular formula is C21H16Br3N3O2. The minimum Gasteiger partial charge on any atom is -0.487 e. The minimum absolute atomic E-state index is 0.369. The summed E-state index contributed by atoms with van der Waals surface area (Å²) in [6.45, 7) is 0.437. The van der Waals surface area contributed by atoms with Crippen LogP contribution in [0.4, 0.5) is 5.69 Å². The Hall–Kier alpha value is -2.16. The average molecular weight is 582 g/mol. The van der Waals surface area contributed by atoms with Crippen molar-refractivity contribution in [3.05, 3.63) is 90.8 Å². The number of anilines is 1. The van der Waals surface area contributed by atoms with Crippen LogP contribution in [0.3, 0.4) is 0 Å². The lowest BCUT2D eigenvalue weighted by molar-refractivity contribution is 0.0956. The Morgan fingerprint density at radius 3 is 2.34 bits per heavy atom. The summed E-state index contributed by atoms with van der Waals surface area (Å²) in [5.74, 6) is 0.318. The van der Waals surface area contributed by atoms with Gasteiger partial charge in [0.1, 0.15) is 12.4 Å². The van der Waals surface area contributed by atoms with Gasteiger partial charge < -0.3 is 10.5 Å². The molecule has 29 heavy (non-hydrogen) atoms. The van der Waals surface area contributed by atoms with Gasteiger partial charge in [-0.3, -0.25) is 4.79 Å². The number of para-hydroxylation sites is 1. The number of hydrazone groups is 1. The second-order valence-electron chi connectivity index (χ2n) is 6.02. The Kier molecular flexibility index (Phi) is 7.46. The van der Waals surface area contributed by atoms with Crippen LogP contribution in [0.25, 0.3) is 0 Å². The molecular weight excluding hydrogens is 566 g/mol. The molecule has 0 unspecified atom stereocenters. The van der Waals surface area contributed by atoms with Crippen LogP contribution in [-0.4, -0.2) is 12.1 Å². The summed E-state index contributed by atoms with van der Waals surface area (Å²) in [4.78, 5) is 12.1. The highest BCUT2D eigenvalue weighted by atomic mass is 79.9. The summed E-state index contributed by atoms with van der Waals surface area (Å²) >= 11 is 10.5. The van der Waals surface area contributed by atoms with E-state index in [2.05, 4.69) is 58.3 Å². The molecule has 5 nitrogen and oxygen atoms in total. The first-order valence-corrected chi connectivity index (χ1v) is 10.9. The molecule has 3 aromatic carbocycles. The van der Waals surface area contributed by atoms with Crippen molar-refractivity contribution in [2.45, 2.75) is 6.61 Å². The summed E-state index contributed by atoms with van der Waals surface area (Å²) in [6.07, 6.45) is 1.55. The van der Waals surface area contributed by atoms with Crippen LogP contribution in [0, 0.1) is 0 Å². The van der Waals surface area contributed by atoms with Gasteiger partial charge in [0, 0.05) is 10.2 Å². The lowest BCUT2D eigenvalue weighted by Crippen LogP contribution is -2.19. The minimum atomic E-state index is -0.369. The van der Waals surface area contributed by atoms with Crippen molar-refractivity contribution in [2.75, 3.05) is 5.73 Å². The molecule has 8 heteroatoms. The standard InChI is InChI=1S/C21H16Br3N3O2/c22-15-7-5-13(6-8-15)12-29-20-17(23)9-14(10-18(20)24)11-26-27-21(28)16-3-1-2-4-19(16)25/h1-11H,12,25H2,(H,27,28)/b26-11-. The predicted octanol–water partition coefficient (Wildman–Crippen LogP) is 5.90. The summed E-state index contributed by atoms with van der Waals surface area (Å²) in [6, 6.07) is 18.5. The number of carbonyl (C=O) groups excluding carboxylic acids is 1. The van der Waals surface area contributed by atoms with E-state index < -0.39 is 0 Å². The lowest BCUT2D eigenvalue weighted by atomic mass is 10.2. The molecule has 0 aliphatic carbocycles. The normalized spacial score (nSPS) is 10.9. The maximum absolute atomic E-state index is 12.1. The fourth-order valence-corrected chi connectivity index (χ4v) is 4.17. The first-order valence-electron chi connectivity index (χ1n) is 8.48. The fraction of sp³-hybridized carbons (Fsp3) is 0.0476. The Morgan fingerprint density at radius 2 is 1.69 bits per heavy atom. The van der Waals surface area contributed by atoms with E-state index in [4.69, 9.17) is 10.5 Å². The van der Waals surface area contributed by atoms with E-state index in [1.807, 2.05) is 36.4 Å². The number of nitrogen functional groups attached to an aromatic ring is 1. The Bertz CT molecular complexity index is 1030. The van der Waals surface area contributed by atoms with Crippen LogP contribution < -0.4 is 15.9 Å². The van der Waals surface area contributed by atoms with Crippen molar-refractivity contribution in [1.82, 2.24) is 5.43 Å². The summed E-state index contributed by atoms with van der Waals surface area (Å²) in [5, 5.41) is 4.01. The molecule has 148 valence electrons. The highest BCUT2D eigenvalue weighted by Crippen LogP contribution is 2.35. The SMILES string of the molecule is Nc1ccccc1C(=O)N/N=C\c1cc(Br)c(OCc2ccc(Br)cc2)c(Br)c1. The van der Waals surface area contributed by atoms with E-state index >= 15 is 0 Å². The molecule has 0 atom stereocenters. The molecule has 0 saturated heterocycles. The van der Waals surface area contributed by atoms with Crippen LogP contribution in [0.2, 0.25) is 0 Å². The number of hydrogen-bond acceptors (Lipinski definition) is 4. The molecule has 0 saturated carbocycles. The molecule has 3 aromatic rings. The number of nitrogens with zero attached hydrogens (tertiary/aromatic N) is 1. The van der Waals surface area contributed by atoms with Crippen LogP contribution in [-0.2, 0) is 6.61 Å². The molecule has 3 N–H and O–H groups in total. The summed E-state index contributed by atoms with van der Waals surface area (Å²) in [5.41, 5.74) is 10.9. The molecule has 0 aromatic heterocycles. The van der Waals surface area contributed by atoms with Crippen molar-refractivity contribution in [3.63, 3.8) is 0 Å². The molecule has 0 bridgehead atoms. The highest BCUT2D eigenvalue weighted by molar-refractivity contribution is 9.11. The Morgan fingerprint density at radius 1 is 1.03 bits per heavy atom. The van der Waals surface area contributed by atoms with E-state index in [0.717, 1.165) is 24.5 Å². The van der Waals surface area contributed by atoms with E-state index in [-0.39, 0.29) is 5.91 Å². The number of hydrogen-bond donors (Lipinski definition) is 2. The largest absolute Gasteiger partial charge is 0.487 e. The maximum Gasteiger partial charge on any atom is 0.273 e. The van der Waals surface area contributed by atoms with Crippen molar-refractivity contribution in [1.29, 1.82) is 0 Å². The molecule has 0 spiro atoms. The highest BCUT2D eigenvalue weighted by Gasteiger charge is 2.10. The zero-order chi connectivity index (χ0) is 20.8. The van der Waals surface area contributed by atoms with Gasteiger partial charge in [-0.1, -0.05) is 40.2 Å². The molecule has 1 amide bonds. The van der Waals surface area contributed by atoms with Gasteiger partial charge in [-0.2, -0.15) is 5.10 Å². The molecule has 0 heterocycles. The average Bonchev–Trinajstić information content (AvgIpc) is 2.69. The fourth-order valence-electron chi connectivity index (χ4n) is 2.46. The Labute approximate surface area is 193 Å². The quantitative estimate of drug-likeness (QED) is 0.216. The van der Waals surface area contributed by atoms with E-state index in [0.29, 0.717) is 23.6 Å². The zero-order valence-corrected chi connectivity index (χ0v) is 19.8. The van der Waals surface area contributed by atoms with Crippen molar-refractivity contribution >= 4 is 65.6 Å². The number of amides is 1. The second kappa shape index (κ2) is 10.0. The van der Waals surface area contributed by atoms with E-state index in [1.54, 1.807) is 30.5 Å². The van der Waals surface area contributed by atoms with Crippen LogP contribution in [0.1, 0.15) is 21.5 Å². The molecule has 0 radical (unpaired) electrons. The van der Waals surface area contributed by atoms with Gasteiger partial charge in [0.2, 0.25) is 0 Å². The first-order chi connectivity index (χ1) is 13.9. The third-order valence-electron chi connectivity index (χ3n) is 3.90. The van der Waals surface area contributed by atoms with Crippen molar-refractivity contribution < 1.29 is 9.53 Å². The van der Waals surface area contributed by atoms with Gasteiger partial charge in [0.05, 0.1) is 20.7 Å². The monoisotopic (exact) mass is 579 g/mol. The number of halogens is 3. The maximum atomic E-state index is 12.1. The number of rotatable bonds is 6. The van der Waals surface area contributed by atoms with Gasteiger partial charge in [0.25, 0.3) is 5.91 Å². The van der Waals surface area contributed by atoms with Crippen LogP contribution in [0.15, 0.2) is 79.2 Å². The van der Waals surface area contributed by atoms with Gasteiger partial charge in [-0.15, -0.1) is 0 Å². The number of nitrogens with one attached hydrogen (secondary N) is 1. The third kappa shape index (κ3) is 5.91. The number of nitrogens with two attached hydrogens (primary N) is 1. The number of carbonyl (C=O) groups is 1. The molecule has 0 fully saturated rings. The lowest BCUT2D eigenvalue weighted by Gasteiger charge is -2.11. The molecule has 0 aliphatic rings. The first kappa shape index (κ1) is 21.5. The van der Waals surface area contributed by atoms with Gasteiger partial charge in [-0.25, -0.2) is 5.43 Å². The van der Waals surface area contributed by atoms with Gasteiger partial charge >= 0.3 is 0 Å². The number of benzene rings is 3. The van der Waals surface area contributed by atoms with Gasteiger partial charge in [-0.05, 0) is 79.4 Å². The summed E-state index contributed by atoms with van der Waals surface area (Å²) < 4.78 is 8.48. The van der Waals surface area contributed by atoms with Crippen LogP contribution >= 0.6 is 47.8 Å². The Balaban J connectivity index is 1.65. The topological polar surface area (TPSA) is 76.7 Å².